The zero-order valence-electron chi connectivity index (χ0n) is 27.0. The lowest BCUT2D eigenvalue weighted by Crippen LogP contribution is -2.29. The molecule has 6 rings (SSSR count). The van der Waals surface area contributed by atoms with Crippen molar-refractivity contribution in [2.24, 2.45) is 0 Å². The Balaban J connectivity index is 1.56. The van der Waals surface area contributed by atoms with Gasteiger partial charge in [0.25, 0.3) is 0 Å². The van der Waals surface area contributed by atoms with Crippen molar-refractivity contribution >= 4 is 22.7 Å². The van der Waals surface area contributed by atoms with Crippen molar-refractivity contribution in [3.8, 4) is 23.5 Å². The molecule has 1 unspecified atom stereocenters. The Morgan fingerprint density at radius 3 is 2.57 bits per heavy atom. The third-order valence-corrected chi connectivity index (χ3v) is 8.56. The Hall–Kier alpha value is -5.40. The molecule has 1 aliphatic rings. The van der Waals surface area contributed by atoms with E-state index in [2.05, 4.69) is 23.1 Å². The van der Waals surface area contributed by atoms with Gasteiger partial charge in [-0.3, -0.25) is 4.57 Å². The number of carbonyl (C=O) groups is 1. The van der Waals surface area contributed by atoms with Gasteiger partial charge in [-0.2, -0.15) is 10.2 Å². The molecule has 5 aromatic rings. The van der Waals surface area contributed by atoms with Gasteiger partial charge in [0.2, 0.25) is 5.95 Å². The van der Waals surface area contributed by atoms with Crippen LogP contribution in [0.1, 0.15) is 52.6 Å². The Morgan fingerprint density at radius 1 is 1.00 bits per heavy atom. The van der Waals surface area contributed by atoms with E-state index in [9.17, 15) is 10.1 Å². The number of esters is 1. The summed E-state index contributed by atoms with van der Waals surface area (Å²) in [5.41, 5.74) is 6.12. The molecule has 10 nitrogen and oxygen atoms in total. The van der Waals surface area contributed by atoms with E-state index in [0.717, 1.165) is 57.6 Å². The molecule has 0 saturated heterocycles. The van der Waals surface area contributed by atoms with E-state index in [0.29, 0.717) is 42.5 Å². The summed E-state index contributed by atoms with van der Waals surface area (Å²) >= 11 is 0. The molecule has 0 radical (unpaired) electrons. The number of carbonyl (C=O) groups excluding carboxylic acids is 1. The molecule has 2 heterocycles. The summed E-state index contributed by atoms with van der Waals surface area (Å²) in [4.78, 5) is 24.8. The second kappa shape index (κ2) is 13.9. The summed E-state index contributed by atoms with van der Waals surface area (Å²) in [5, 5.41) is 10.7. The Bertz CT molecular complexity index is 1950. The highest BCUT2D eigenvalue weighted by atomic mass is 16.6. The van der Waals surface area contributed by atoms with Crippen LogP contribution in [0.3, 0.4) is 0 Å². The summed E-state index contributed by atoms with van der Waals surface area (Å²) in [6.45, 7) is 2.86. The highest BCUT2D eigenvalue weighted by Gasteiger charge is 2.31. The molecule has 1 aliphatic carbocycles. The number of aromatic nitrogens is 3. The van der Waals surface area contributed by atoms with E-state index < -0.39 is 12.1 Å². The average molecular weight is 632 g/mol. The van der Waals surface area contributed by atoms with Crippen LogP contribution in [0.4, 0.5) is 5.82 Å². The predicted molar refractivity (Wildman–Crippen MR) is 178 cm³/mol. The van der Waals surface area contributed by atoms with Crippen molar-refractivity contribution in [1.82, 2.24) is 14.5 Å². The largest absolute Gasteiger partial charge is 0.497 e. The SMILES string of the molecule is COC(=O)COC1CCCc2c1nc(-n1c(C)cc3c(C#N)cccc31)nc2N(Cc1ccccc1)Cc1ccc(OC)cc1OC. The van der Waals surface area contributed by atoms with Crippen LogP contribution in [0.25, 0.3) is 16.9 Å². The molecule has 0 N–H and O–H groups in total. The fourth-order valence-electron chi connectivity index (χ4n) is 6.26. The molecule has 0 fully saturated rings. The Kier molecular flexibility index (Phi) is 9.36. The normalized spacial score (nSPS) is 13.9. The monoisotopic (exact) mass is 631 g/mol. The van der Waals surface area contributed by atoms with Crippen LogP contribution in [-0.4, -0.2) is 48.4 Å². The van der Waals surface area contributed by atoms with Gasteiger partial charge in [0.15, 0.2) is 0 Å². The highest BCUT2D eigenvalue weighted by molar-refractivity contribution is 5.88. The van der Waals surface area contributed by atoms with Gasteiger partial charge in [0.1, 0.15) is 30.0 Å². The van der Waals surface area contributed by atoms with Crippen molar-refractivity contribution < 1.29 is 23.7 Å². The molecule has 1 atom stereocenters. The van der Waals surface area contributed by atoms with Gasteiger partial charge in [0.05, 0.1) is 44.2 Å². The van der Waals surface area contributed by atoms with Gasteiger partial charge >= 0.3 is 5.97 Å². The summed E-state index contributed by atoms with van der Waals surface area (Å²) in [6, 6.07) is 26.0. The van der Waals surface area contributed by atoms with Crippen molar-refractivity contribution in [3.05, 3.63) is 106 Å². The van der Waals surface area contributed by atoms with E-state index >= 15 is 0 Å². The summed E-state index contributed by atoms with van der Waals surface area (Å²) in [5.74, 6) is 2.21. The first-order chi connectivity index (χ1) is 22.9. The number of aryl methyl sites for hydroxylation is 1. The van der Waals surface area contributed by atoms with Gasteiger partial charge in [-0.1, -0.05) is 36.4 Å². The second-order valence-corrected chi connectivity index (χ2v) is 11.5. The van der Waals surface area contributed by atoms with E-state index in [-0.39, 0.29) is 6.61 Å². The standard InChI is InChI=1S/C37H37N5O5/c1-24-18-30-26(20-38)12-8-14-31(30)42(24)37-39-35-29(13-9-15-32(35)47-23-34(43)46-4)36(40-37)41(21-25-10-6-5-7-11-25)22-27-16-17-28(44-2)19-33(27)45-3/h5-8,10-12,14,16-19,32H,9,13,15,21-23H2,1-4H3. The smallest absolute Gasteiger partial charge is 0.331 e. The molecular formula is C37H37N5O5. The molecule has 0 spiro atoms. The van der Waals surface area contributed by atoms with E-state index in [1.54, 1.807) is 14.2 Å². The first-order valence-electron chi connectivity index (χ1n) is 15.5. The van der Waals surface area contributed by atoms with Crippen molar-refractivity contribution in [2.75, 3.05) is 32.8 Å². The van der Waals surface area contributed by atoms with Crippen molar-refractivity contribution in [2.45, 2.75) is 45.4 Å². The number of nitrogens with zero attached hydrogens (tertiary/aromatic N) is 5. The lowest BCUT2D eigenvalue weighted by molar-refractivity contribution is -0.148. The average Bonchev–Trinajstić information content (AvgIpc) is 3.46. The number of rotatable bonds is 11. The first kappa shape index (κ1) is 31.6. The summed E-state index contributed by atoms with van der Waals surface area (Å²) in [6.07, 6.45) is 1.87. The fourth-order valence-corrected chi connectivity index (χ4v) is 6.26. The topological polar surface area (TPSA) is 112 Å². The molecular weight excluding hydrogens is 594 g/mol. The molecule has 0 saturated carbocycles. The van der Waals surface area contributed by atoms with E-state index in [1.165, 1.54) is 7.11 Å². The van der Waals surface area contributed by atoms with Gasteiger partial charge in [-0.05, 0) is 62.1 Å². The highest BCUT2D eigenvalue weighted by Crippen LogP contribution is 2.39. The third kappa shape index (κ3) is 6.48. The van der Waals surface area contributed by atoms with Gasteiger partial charge in [0, 0.05) is 41.4 Å². The Morgan fingerprint density at radius 2 is 1.83 bits per heavy atom. The van der Waals surface area contributed by atoms with Crippen LogP contribution in [0.15, 0.2) is 72.8 Å². The zero-order valence-corrected chi connectivity index (χ0v) is 27.0. The molecule has 3 aromatic carbocycles. The predicted octanol–water partition coefficient (Wildman–Crippen LogP) is 6.39. The minimum Gasteiger partial charge on any atom is -0.497 e. The van der Waals surface area contributed by atoms with Gasteiger partial charge in [-0.25, -0.2) is 9.78 Å². The maximum Gasteiger partial charge on any atom is 0.331 e. The van der Waals surface area contributed by atoms with Gasteiger partial charge < -0.3 is 23.8 Å². The first-order valence-corrected chi connectivity index (χ1v) is 15.5. The van der Waals surface area contributed by atoms with Crippen LogP contribution in [-0.2, 0) is 33.8 Å². The molecule has 47 heavy (non-hydrogen) atoms. The fraction of sp³-hybridized carbons (Fsp3) is 0.297. The number of fused-ring (bicyclic) bond motifs is 2. The molecule has 0 amide bonds. The number of anilines is 1. The third-order valence-electron chi connectivity index (χ3n) is 8.56. The summed E-state index contributed by atoms with van der Waals surface area (Å²) in [7, 11) is 4.64. The van der Waals surface area contributed by atoms with Crippen molar-refractivity contribution in [1.29, 1.82) is 5.26 Å². The van der Waals surface area contributed by atoms with Crippen LogP contribution >= 0.6 is 0 Å². The van der Waals surface area contributed by atoms with E-state index in [1.807, 2.05) is 72.2 Å². The molecule has 2 aromatic heterocycles. The Labute approximate surface area is 274 Å². The number of ether oxygens (including phenoxy) is 4. The van der Waals surface area contributed by atoms with Gasteiger partial charge in [-0.15, -0.1) is 0 Å². The van der Waals surface area contributed by atoms with Crippen LogP contribution in [0, 0.1) is 18.3 Å². The molecule has 240 valence electrons. The number of hydrogen-bond acceptors (Lipinski definition) is 9. The lowest BCUT2D eigenvalue weighted by Gasteiger charge is -2.32. The second-order valence-electron chi connectivity index (χ2n) is 11.5. The maximum atomic E-state index is 12.1. The molecule has 0 bridgehead atoms. The maximum absolute atomic E-state index is 12.1. The number of benzene rings is 3. The summed E-state index contributed by atoms with van der Waals surface area (Å²) < 4.78 is 24.3. The minimum atomic E-state index is -0.444. The van der Waals surface area contributed by atoms with Crippen molar-refractivity contribution in [3.63, 3.8) is 0 Å². The molecule has 0 aliphatic heterocycles. The quantitative estimate of drug-likeness (QED) is 0.153. The van der Waals surface area contributed by atoms with Crippen LogP contribution in [0.2, 0.25) is 0 Å². The van der Waals surface area contributed by atoms with Crippen LogP contribution in [0.5, 0.6) is 11.5 Å². The van der Waals surface area contributed by atoms with E-state index in [4.69, 9.17) is 28.9 Å². The minimum absolute atomic E-state index is 0.178. The van der Waals surface area contributed by atoms with Crippen LogP contribution < -0.4 is 14.4 Å². The molecule has 10 heteroatoms. The lowest BCUT2D eigenvalue weighted by atomic mass is 9.93. The number of methoxy groups -OCH3 is 3. The number of nitriles is 1. The zero-order chi connectivity index (χ0) is 32.9. The number of hydrogen-bond donors (Lipinski definition) is 0.